The number of hydrogen-bond acceptors (Lipinski definition) is 3. The molecule has 0 bridgehead atoms. The maximum atomic E-state index is 12.3. The van der Waals surface area contributed by atoms with Crippen LogP contribution in [0.1, 0.15) is 119 Å². The van der Waals surface area contributed by atoms with E-state index < -0.39 is 0 Å². The molecule has 2 heterocycles. The third kappa shape index (κ3) is 10.3. The zero-order valence-electron chi connectivity index (χ0n) is 36.4. The van der Waals surface area contributed by atoms with Crippen LogP contribution in [0.3, 0.4) is 0 Å². The van der Waals surface area contributed by atoms with Crippen LogP contribution in [0.15, 0.2) is 66.6 Å². The molecule has 0 saturated heterocycles. The molecule has 3 aromatic carbocycles. The fourth-order valence-electron chi connectivity index (χ4n) is 8.59. The summed E-state index contributed by atoms with van der Waals surface area (Å²) in [5.74, 6) is 1.63. The first kappa shape index (κ1) is 46.3. The minimum absolute atomic E-state index is 0. The second-order valence-electron chi connectivity index (χ2n) is 19.2. The van der Waals surface area contributed by atoms with Crippen LogP contribution in [0, 0.1) is 61.8 Å². The van der Waals surface area contributed by atoms with Crippen molar-refractivity contribution in [3.63, 3.8) is 0 Å². The number of allylic oxidation sites excluding steroid dienone is 2. The minimum atomic E-state index is -0.0119. The zero-order valence-corrected chi connectivity index (χ0v) is 39.6. The number of aliphatic hydroxyl groups is 1. The average Bonchev–Trinajstić information content (AvgIpc) is 3.40. The van der Waals surface area contributed by atoms with Gasteiger partial charge in [0.05, 0.1) is 17.6 Å². The Kier molecular flexibility index (Phi) is 15.1. The molecule has 5 aromatic rings. The first-order chi connectivity index (χ1) is 25.0. The predicted octanol–water partition coefficient (Wildman–Crippen LogP) is 14.0. The number of carbonyl (C=O) groups excluding carboxylic acids is 1. The topological polar surface area (TPSA) is 41.2 Å². The summed E-state index contributed by atoms with van der Waals surface area (Å²) in [6.45, 7) is 37.3. The summed E-state index contributed by atoms with van der Waals surface area (Å²) in [5.41, 5.74) is 7.87. The maximum absolute atomic E-state index is 12.3. The molecular formula is C50H68IrNO2S-. The first-order valence-electron chi connectivity index (χ1n) is 20.0. The molecule has 5 heteroatoms. The van der Waals surface area contributed by atoms with Crippen molar-refractivity contribution in [1.82, 2.24) is 0 Å². The Bertz CT molecular complexity index is 2140. The maximum Gasteiger partial charge on any atom is 0.162 e. The fraction of sp³-hybridized carbons (Fsp3) is 0.480. The number of aryl methyl sites for hydroxylation is 1. The molecule has 0 fully saturated rings. The number of pyridine rings is 1. The van der Waals surface area contributed by atoms with Gasteiger partial charge in [0, 0.05) is 54.5 Å². The van der Waals surface area contributed by atoms with Crippen LogP contribution in [-0.4, -0.2) is 10.9 Å². The van der Waals surface area contributed by atoms with E-state index in [0.717, 1.165) is 17.7 Å². The van der Waals surface area contributed by atoms with Crippen molar-refractivity contribution in [2.24, 2.45) is 40.9 Å². The van der Waals surface area contributed by atoms with Crippen molar-refractivity contribution in [3.8, 4) is 11.3 Å². The van der Waals surface area contributed by atoms with Gasteiger partial charge in [-0.25, -0.2) is 0 Å². The van der Waals surface area contributed by atoms with Crippen LogP contribution in [0.25, 0.3) is 42.2 Å². The molecule has 0 aliphatic rings. The number of aliphatic hydroxyl groups excluding tert-OH is 1. The average molecular weight is 939 g/mol. The monoisotopic (exact) mass is 939 g/mol. The molecule has 0 atom stereocenters. The van der Waals surface area contributed by atoms with Gasteiger partial charge in [0.25, 0.3) is 0 Å². The minimum Gasteiger partial charge on any atom is -0.512 e. The van der Waals surface area contributed by atoms with E-state index in [0.29, 0.717) is 23.7 Å². The molecule has 0 aliphatic heterocycles. The van der Waals surface area contributed by atoms with Crippen LogP contribution < -0.4 is 4.57 Å². The molecule has 55 heavy (non-hydrogen) atoms. The second-order valence-corrected chi connectivity index (χ2v) is 20.2. The van der Waals surface area contributed by atoms with E-state index in [2.05, 4.69) is 173 Å². The number of nitrogens with zero attached hydrogens (tertiary/aromatic N) is 1. The fourth-order valence-corrected chi connectivity index (χ4v) is 9.98. The number of thiophene rings is 1. The van der Waals surface area contributed by atoms with Crippen LogP contribution in [0.4, 0.5) is 0 Å². The van der Waals surface area contributed by atoms with Crippen LogP contribution in [0.2, 0.25) is 0 Å². The van der Waals surface area contributed by atoms with Gasteiger partial charge in [-0.15, -0.1) is 34.4 Å². The molecule has 1 radical (unpaired) electrons. The number of ketones is 1. The number of aromatic nitrogens is 1. The van der Waals surface area contributed by atoms with Crippen molar-refractivity contribution >= 4 is 48.1 Å². The van der Waals surface area contributed by atoms with E-state index in [1.165, 1.54) is 59.3 Å². The molecule has 1 N–H and O–H groups in total. The Morgan fingerprint density at radius 1 is 0.782 bits per heavy atom. The van der Waals surface area contributed by atoms with E-state index in [9.17, 15) is 9.90 Å². The number of benzene rings is 3. The van der Waals surface area contributed by atoms with Crippen molar-refractivity contribution in [2.45, 2.75) is 116 Å². The summed E-state index contributed by atoms with van der Waals surface area (Å²) >= 11 is 1.90. The van der Waals surface area contributed by atoms with E-state index in [1.807, 2.05) is 15.9 Å². The van der Waals surface area contributed by atoms with E-state index in [1.54, 1.807) is 0 Å². The molecule has 0 spiro atoms. The molecule has 0 unspecified atom stereocenters. The standard InChI is InChI=1S/C33H36NS.C17H32O2.Ir/c1-20-22(19-32(3,4)5)14-15-25-26-16-17-34(9)29(31(26)35-30(20)25)27-18-28(33(6,7)8)24-13-11-10-12-23(24)21(27)2;1-10(2)16(11(3)4)14(18)9-15(19)17(12(5)6)13(7)8;/h10-18H,2,9,19H2,1,3-8H3;9-13,16-18H,1-8H3;/q-1;;/b;14-9-;. The third-order valence-corrected chi connectivity index (χ3v) is 12.3. The van der Waals surface area contributed by atoms with Gasteiger partial charge in [0.2, 0.25) is 0 Å². The van der Waals surface area contributed by atoms with Gasteiger partial charge in [-0.3, -0.25) is 4.79 Å². The Morgan fingerprint density at radius 3 is 1.82 bits per heavy atom. The van der Waals surface area contributed by atoms with Gasteiger partial charge in [-0.2, -0.15) is 12.5 Å². The number of carbonyl (C=O) groups is 1. The summed E-state index contributed by atoms with van der Waals surface area (Å²) in [6.07, 6.45) is 4.66. The van der Waals surface area contributed by atoms with Gasteiger partial charge >= 0.3 is 0 Å². The van der Waals surface area contributed by atoms with E-state index in [-0.39, 0.29) is 54.3 Å². The Labute approximate surface area is 351 Å². The molecular weight excluding hydrogens is 871 g/mol. The largest absolute Gasteiger partial charge is 0.512 e. The van der Waals surface area contributed by atoms with Gasteiger partial charge in [0.1, 0.15) is 0 Å². The summed E-state index contributed by atoms with van der Waals surface area (Å²) in [5, 5.41) is 15.4. The first-order valence-corrected chi connectivity index (χ1v) is 20.8. The van der Waals surface area contributed by atoms with E-state index >= 15 is 0 Å². The molecule has 0 aliphatic carbocycles. The SMILES string of the molecule is CC(C)C(C(=O)/C=C(\O)C(C(C)C)C(C)C)C(C)C.[CH2-]c1c(-c2c3sc4c(C)c(CC(C)(C)C)ccc4c3cc[n+]2[CH2-])cc(C(C)(C)C)c2ccccc12.[Ir]. The Hall–Kier alpha value is -3.11. The quantitative estimate of drug-likeness (QED) is 0.0692. The molecule has 2 aromatic heterocycles. The predicted molar refractivity (Wildman–Crippen MR) is 236 cm³/mol. The number of hydrogen-bond donors (Lipinski definition) is 1. The number of rotatable bonds is 9. The van der Waals surface area contributed by atoms with Gasteiger partial charge < -0.3 is 9.67 Å². The summed E-state index contributed by atoms with van der Waals surface area (Å²) in [6, 6.07) is 17.9. The third-order valence-electron chi connectivity index (χ3n) is 11.0. The molecule has 0 amide bonds. The molecule has 5 rings (SSSR count). The van der Waals surface area contributed by atoms with Crippen molar-refractivity contribution in [1.29, 1.82) is 0 Å². The number of fused-ring (bicyclic) bond motifs is 4. The van der Waals surface area contributed by atoms with Crippen molar-refractivity contribution in [2.75, 3.05) is 0 Å². The second kappa shape index (κ2) is 18.0. The van der Waals surface area contributed by atoms with Crippen LogP contribution >= 0.6 is 11.3 Å². The van der Waals surface area contributed by atoms with Crippen LogP contribution in [-0.2, 0) is 36.7 Å². The summed E-state index contributed by atoms with van der Waals surface area (Å²) < 4.78 is 4.71. The molecule has 301 valence electrons. The summed E-state index contributed by atoms with van der Waals surface area (Å²) in [7, 11) is 4.41. The van der Waals surface area contributed by atoms with Gasteiger partial charge in [-0.05, 0) is 75.8 Å². The van der Waals surface area contributed by atoms with E-state index in [4.69, 9.17) is 0 Å². The smallest absolute Gasteiger partial charge is 0.162 e. The van der Waals surface area contributed by atoms with Crippen molar-refractivity contribution in [3.05, 3.63) is 103 Å². The Morgan fingerprint density at radius 2 is 1.31 bits per heavy atom. The summed E-state index contributed by atoms with van der Waals surface area (Å²) in [4.78, 5) is 12.3. The van der Waals surface area contributed by atoms with Gasteiger partial charge in [0.15, 0.2) is 5.78 Å². The van der Waals surface area contributed by atoms with Crippen molar-refractivity contribution < 1.29 is 34.6 Å². The normalized spacial score (nSPS) is 12.9. The molecule has 3 nitrogen and oxygen atoms in total. The zero-order chi connectivity index (χ0) is 40.6. The van der Waals surface area contributed by atoms with Gasteiger partial charge in [-0.1, -0.05) is 138 Å². The van der Waals surface area contributed by atoms with Crippen LogP contribution in [0.5, 0.6) is 0 Å². The molecule has 0 saturated carbocycles. The Balaban J connectivity index is 0.000000349.